The van der Waals surface area contributed by atoms with Crippen molar-refractivity contribution in [3.05, 3.63) is 35.8 Å². The fraction of sp³-hybridized carbons (Fsp3) is 0.375. The van der Waals surface area contributed by atoms with Crippen LogP contribution >= 0.6 is 0 Å². The predicted octanol–water partition coefficient (Wildman–Crippen LogP) is 1.85. The van der Waals surface area contributed by atoms with Crippen LogP contribution in [0.3, 0.4) is 0 Å². The topological polar surface area (TPSA) is 91.4 Å². The lowest BCUT2D eigenvalue weighted by atomic mass is 9.98. The maximum absolute atomic E-state index is 13.2. The van der Waals surface area contributed by atoms with E-state index in [4.69, 9.17) is 9.84 Å². The lowest BCUT2D eigenvalue weighted by Crippen LogP contribution is -2.51. The van der Waals surface area contributed by atoms with Gasteiger partial charge >= 0.3 is 5.97 Å². The molecule has 0 radical (unpaired) electrons. The van der Waals surface area contributed by atoms with Crippen LogP contribution in [-0.2, 0) is 20.7 Å². The maximum atomic E-state index is 13.2. The highest BCUT2D eigenvalue weighted by Gasteiger charge is 2.29. The number of benzene rings is 1. The molecule has 1 unspecified atom stereocenters. The molecule has 2 rings (SSSR count). The van der Waals surface area contributed by atoms with Crippen molar-refractivity contribution >= 4 is 22.8 Å². The van der Waals surface area contributed by atoms with Gasteiger partial charge in [0.05, 0.1) is 25.0 Å². The minimum atomic E-state index is -1.02. The number of carbonyl (C=O) groups excluding carboxylic acids is 1. The van der Waals surface area contributed by atoms with Crippen LogP contribution in [0.2, 0.25) is 0 Å². The number of ether oxygens (including phenoxy) is 1. The maximum Gasteiger partial charge on any atom is 0.305 e. The number of carboxylic acid groups (broad SMARTS) is 1. The summed E-state index contributed by atoms with van der Waals surface area (Å²) in [5.41, 5.74) is 0.334. The van der Waals surface area contributed by atoms with Crippen LogP contribution in [-0.4, -0.2) is 41.2 Å². The molecule has 6 nitrogen and oxygen atoms in total. The van der Waals surface area contributed by atoms with Crippen molar-refractivity contribution in [2.45, 2.75) is 25.3 Å². The van der Waals surface area contributed by atoms with Crippen LogP contribution in [0.25, 0.3) is 10.9 Å². The molecule has 0 aliphatic rings. The molecule has 0 bridgehead atoms. The first-order valence-corrected chi connectivity index (χ1v) is 7.10. The van der Waals surface area contributed by atoms with Crippen LogP contribution in [0.5, 0.6) is 0 Å². The van der Waals surface area contributed by atoms with Crippen molar-refractivity contribution in [1.29, 1.82) is 0 Å². The lowest BCUT2D eigenvalue weighted by molar-refractivity contribution is -0.139. The second kappa shape index (κ2) is 6.78. The van der Waals surface area contributed by atoms with Crippen LogP contribution < -0.4 is 5.32 Å². The molecule has 23 heavy (non-hydrogen) atoms. The Hall–Kier alpha value is -2.41. The second-order valence-electron chi connectivity index (χ2n) is 5.79. The third-order valence-electron chi connectivity index (χ3n) is 3.53. The molecule has 124 valence electrons. The Morgan fingerprint density at radius 1 is 1.43 bits per heavy atom. The summed E-state index contributed by atoms with van der Waals surface area (Å²) >= 11 is 0. The van der Waals surface area contributed by atoms with Gasteiger partial charge < -0.3 is 20.1 Å². The molecular formula is C16H19FN2O4. The first-order chi connectivity index (χ1) is 10.8. The van der Waals surface area contributed by atoms with Gasteiger partial charge in [0.1, 0.15) is 5.82 Å². The Labute approximate surface area is 132 Å². The van der Waals surface area contributed by atoms with Crippen molar-refractivity contribution in [1.82, 2.24) is 10.3 Å². The minimum absolute atomic E-state index is 0.0601. The van der Waals surface area contributed by atoms with Gasteiger partial charge in [-0.05, 0) is 30.7 Å². The van der Waals surface area contributed by atoms with Gasteiger partial charge in [-0.3, -0.25) is 9.59 Å². The number of aromatic amines is 1. The van der Waals surface area contributed by atoms with Gasteiger partial charge in [0, 0.05) is 24.2 Å². The molecule has 1 heterocycles. The molecule has 2 aromatic rings. The summed E-state index contributed by atoms with van der Waals surface area (Å²) in [7, 11) is 1.44. The third kappa shape index (κ3) is 4.29. The quantitative estimate of drug-likeness (QED) is 0.725. The van der Waals surface area contributed by atoms with E-state index in [-0.39, 0.29) is 31.2 Å². The third-order valence-corrected chi connectivity index (χ3v) is 3.53. The molecule has 0 aliphatic heterocycles. The molecule has 1 amide bonds. The van der Waals surface area contributed by atoms with Crippen molar-refractivity contribution in [2.75, 3.05) is 13.7 Å². The van der Waals surface area contributed by atoms with Gasteiger partial charge in [0.25, 0.3) is 0 Å². The normalized spacial score (nSPS) is 13.7. The fourth-order valence-corrected chi connectivity index (χ4v) is 2.64. The van der Waals surface area contributed by atoms with Gasteiger partial charge in [-0.1, -0.05) is 0 Å². The zero-order chi connectivity index (χ0) is 17.0. The molecule has 0 saturated heterocycles. The molecular weight excluding hydrogens is 303 g/mol. The van der Waals surface area contributed by atoms with Gasteiger partial charge in [-0.15, -0.1) is 0 Å². The highest BCUT2D eigenvalue weighted by atomic mass is 19.1. The van der Waals surface area contributed by atoms with Crippen LogP contribution in [0.4, 0.5) is 4.39 Å². The SMILES string of the molecule is COCC(C)(CC(=O)O)NC(=O)Cc1c[nH]c2cc(F)ccc12. The summed E-state index contributed by atoms with van der Waals surface area (Å²) in [6.45, 7) is 1.71. The Kier molecular flexibility index (Phi) is 5.00. The van der Waals surface area contributed by atoms with E-state index in [2.05, 4.69) is 10.3 Å². The van der Waals surface area contributed by atoms with Crippen molar-refractivity contribution in [3.63, 3.8) is 0 Å². The largest absolute Gasteiger partial charge is 0.481 e. The molecule has 0 fully saturated rings. The van der Waals surface area contributed by atoms with Crippen LogP contribution in [0, 0.1) is 5.82 Å². The monoisotopic (exact) mass is 322 g/mol. The molecule has 1 aromatic heterocycles. The number of nitrogens with one attached hydrogen (secondary N) is 2. The second-order valence-corrected chi connectivity index (χ2v) is 5.79. The number of carboxylic acids is 1. The highest BCUT2D eigenvalue weighted by molar-refractivity contribution is 5.89. The van der Waals surface area contributed by atoms with Crippen LogP contribution in [0.15, 0.2) is 24.4 Å². The fourth-order valence-electron chi connectivity index (χ4n) is 2.64. The van der Waals surface area contributed by atoms with E-state index < -0.39 is 11.5 Å². The first kappa shape index (κ1) is 17.0. The number of hydrogen-bond acceptors (Lipinski definition) is 3. The number of rotatable bonds is 7. The van der Waals surface area contributed by atoms with Crippen molar-refractivity contribution in [2.24, 2.45) is 0 Å². The number of aliphatic carboxylic acids is 1. The van der Waals surface area contributed by atoms with Crippen LogP contribution in [0.1, 0.15) is 18.9 Å². The number of hydrogen-bond donors (Lipinski definition) is 3. The van der Waals surface area contributed by atoms with Crippen molar-refractivity contribution in [3.8, 4) is 0 Å². The zero-order valence-electron chi connectivity index (χ0n) is 13.0. The Balaban J connectivity index is 2.12. The molecule has 3 N–H and O–H groups in total. The zero-order valence-corrected chi connectivity index (χ0v) is 13.0. The number of carbonyl (C=O) groups is 2. The number of fused-ring (bicyclic) bond motifs is 1. The molecule has 7 heteroatoms. The molecule has 0 saturated carbocycles. The summed E-state index contributed by atoms with van der Waals surface area (Å²) in [5, 5.41) is 12.4. The summed E-state index contributed by atoms with van der Waals surface area (Å²) in [6, 6.07) is 4.29. The lowest BCUT2D eigenvalue weighted by Gasteiger charge is -2.28. The van der Waals surface area contributed by atoms with Gasteiger partial charge in [-0.25, -0.2) is 4.39 Å². The van der Waals surface area contributed by atoms with Gasteiger partial charge in [0.2, 0.25) is 5.91 Å². The predicted molar refractivity (Wildman–Crippen MR) is 82.6 cm³/mol. The van der Waals surface area contributed by atoms with E-state index in [1.807, 2.05) is 0 Å². The first-order valence-electron chi connectivity index (χ1n) is 7.10. The molecule has 1 atom stereocenters. The van der Waals surface area contributed by atoms with Crippen molar-refractivity contribution < 1.29 is 23.8 Å². The minimum Gasteiger partial charge on any atom is -0.481 e. The van der Waals surface area contributed by atoms with E-state index in [9.17, 15) is 14.0 Å². The van der Waals surface area contributed by atoms with Gasteiger partial charge in [0.15, 0.2) is 0 Å². The van der Waals surface area contributed by atoms with E-state index in [0.29, 0.717) is 11.1 Å². The Morgan fingerprint density at radius 3 is 2.83 bits per heavy atom. The summed E-state index contributed by atoms with van der Waals surface area (Å²) < 4.78 is 18.2. The number of halogens is 1. The van der Waals surface area contributed by atoms with E-state index in [0.717, 1.165) is 5.39 Å². The Bertz CT molecular complexity index is 728. The standard InChI is InChI=1S/C16H19FN2O4/c1-16(9-23-2,7-15(21)22)19-14(20)5-10-8-18-13-6-11(17)3-4-12(10)13/h3-4,6,8,18H,5,7,9H2,1-2H3,(H,19,20)(H,21,22). The van der Waals surface area contributed by atoms with E-state index in [1.165, 1.54) is 19.2 Å². The molecule has 0 aliphatic carbocycles. The molecule has 1 aromatic carbocycles. The summed E-state index contributed by atoms with van der Waals surface area (Å²) in [4.78, 5) is 26.1. The molecule has 0 spiro atoms. The highest BCUT2D eigenvalue weighted by Crippen LogP contribution is 2.20. The average molecular weight is 322 g/mol. The Morgan fingerprint density at radius 2 is 2.17 bits per heavy atom. The van der Waals surface area contributed by atoms with Gasteiger partial charge in [-0.2, -0.15) is 0 Å². The number of aromatic nitrogens is 1. The van der Waals surface area contributed by atoms with E-state index in [1.54, 1.807) is 19.2 Å². The summed E-state index contributed by atoms with van der Waals surface area (Å²) in [5.74, 6) is -1.70. The summed E-state index contributed by atoms with van der Waals surface area (Å²) in [6.07, 6.45) is 1.46. The number of methoxy groups -OCH3 is 1. The van der Waals surface area contributed by atoms with E-state index >= 15 is 0 Å². The average Bonchev–Trinajstić information content (AvgIpc) is 2.79. The number of amides is 1. The number of H-pyrrole nitrogens is 1. The smallest absolute Gasteiger partial charge is 0.305 e.